The second-order valence-corrected chi connectivity index (χ2v) is 5.85. The smallest absolute Gasteiger partial charge is 0.215 e. The van der Waals surface area contributed by atoms with E-state index in [0.29, 0.717) is 5.92 Å². The third-order valence-electron chi connectivity index (χ3n) is 4.00. The SMILES string of the molecule is Cc1ccc2oc(C3(N)CCCC(C)C3)nc2c1. The predicted molar refractivity (Wildman–Crippen MR) is 72.2 cm³/mol. The van der Waals surface area contributed by atoms with Crippen molar-refractivity contribution < 1.29 is 4.42 Å². The molecular weight excluding hydrogens is 224 g/mol. The number of fused-ring (bicyclic) bond motifs is 1. The Morgan fingerprint density at radius 1 is 1.44 bits per heavy atom. The van der Waals surface area contributed by atoms with E-state index in [0.717, 1.165) is 36.3 Å². The average molecular weight is 244 g/mol. The van der Waals surface area contributed by atoms with Crippen LogP contribution in [0.4, 0.5) is 0 Å². The van der Waals surface area contributed by atoms with E-state index in [9.17, 15) is 0 Å². The van der Waals surface area contributed by atoms with E-state index in [2.05, 4.69) is 24.9 Å². The van der Waals surface area contributed by atoms with Gasteiger partial charge in [-0.05, 0) is 43.4 Å². The Morgan fingerprint density at radius 2 is 2.28 bits per heavy atom. The number of benzene rings is 1. The molecule has 3 nitrogen and oxygen atoms in total. The van der Waals surface area contributed by atoms with Gasteiger partial charge in [-0.2, -0.15) is 0 Å². The van der Waals surface area contributed by atoms with Gasteiger partial charge >= 0.3 is 0 Å². The minimum Gasteiger partial charge on any atom is -0.439 e. The summed E-state index contributed by atoms with van der Waals surface area (Å²) in [5, 5.41) is 0. The fourth-order valence-electron chi connectivity index (χ4n) is 3.04. The first kappa shape index (κ1) is 11.7. The van der Waals surface area contributed by atoms with Crippen LogP contribution in [0.5, 0.6) is 0 Å². The van der Waals surface area contributed by atoms with Crippen LogP contribution in [-0.2, 0) is 5.54 Å². The summed E-state index contributed by atoms with van der Waals surface area (Å²) in [6, 6.07) is 6.08. The maximum atomic E-state index is 6.52. The molecule has 96 valence electrons. The highest BCUT2D eigenvalue weighted by Crippen LogP contribution is 2.38. The molecule has 0 spiro atoms. The molecule has 1 fully saturated rings. The average Bonchev–Trinajstić information content (AvgIpc) is 2.72. The van der Waals surface area contributed by atoms with Gasteiger partial charge in [0.05, 0.1) is 5.54 Å². The van der Waals surface area contributed by atoms with Gasteiger partial charge in [0.1, 0.15) is 5.52 Å². The Bertz CT molecular complexity index is 575. The molecule has 1 saturated carbocycles. The normalized spacial score (nSPS) is 28.7. The first-order valence-electron chi connectivity index (χ1n) is 6.73. The van der Waals surface area contributed by atoms with Crippen LogP contribution in [0.3, 0.4) is 0 Å². The fourth-order valence-corrected chi connectivity index (χ4v) is 3.04. The highest BCUT2D eigenvalue weighted by atomic mass is 16.4. The van der Waals surface area contributed by atoms with Crippen molar-refractivity contribution in [1.29, 1.82) is 0 Å². The van der Waals surface area contributed by atoms with Crippen LogP contribution in [0.15, 0.2) is 22.6 Å². The molecule has 0 saturated heterocycles. The van der Waals surface area contributed by atoms with Crippen molar-refractivity contribution in [1.82, 2.24) is 4.98 Å². The van der Waals surface area contributed by atoms with Gasteiger partial charge < -0.3 is 10.2 Å². The van der Waals surface area contributed by atoms with Crippen molar-refractivity contribution in [2.75, 3.05) is 0 Å². The van der Waals surface area contributed by atoms with E-state index in [1.807, 2.05) is 12.1 Å². The summed E-state index contributed by atoms with van der Waals surface area (Å²) in [6.07, 6.45) is 4.37. The number of nitrogens with zero attached hydrogens (tertiary/aromatic N) is 1. The zero-order valence-electron chi connectivity index (χ0n) is 11.1. The Balaban J connectivity index is 2.03. The molecule has 1 heterocycles. The molecule has 1 aliphatic carbocycles. The van der Waals surface area contributed by atoms with Gasteiger partial charge in [0, 0.05) is 0 Å². The summed E-state index contributed by atoms with van der Waals surface area (Å²) in [4.78, 5) is 4.61. The lowest BCUT2D eigenvalue weighted by Gasteiger charge is -2.33. The van der Waals surface area contributed by atoms with Gasteiger partial charge in [-0.25, -0.2) is 4.98 Å². The molecule has 3 heteroatoms. The van der Waals surface area contributed by atoms with Crippen molar-refractivity contribution in [2.45, 2.75) is 45.1 Å². The first-order chi connectivity index (χ1) is 8.57. The summed E-state index contributed by atoms with van der Waals surface area (Å²) in [7, 11) is 0. The molecule has 0 amide bonds. The second kappa shape index (κ2) is 4.09. The molecule has 0 aliphatic heterocycles. The molecule has 1 aromatic carbocycles. The highest BCUT2D eigenvalue weighted by molar-refractivity contribution is 5.73. The van der Waals surface area contributed by atoms with Gasteiger partial charge in [0.25, 0.3) is 0 Å². The van der Waals surface area contributed by atoms with E-state index in [-0.39, 0.29) is 5.54 Å². The molecule has 1 aromatic heterocycles. The summed E-state index contributed by atoms with van der Waals surface area (Å²) < 4.78 is 5.88. The summed E-state index contributed by atoms with van der Waals surface area (Å²) >= 11 is 0. The lowest BCUT2D eigenvalue weighted by atomic mass is 9.77. The molecule has 3 rings (SSSR count). The highest BCUT2D eigenvalue weighted by Gasteiger charge is 2.37. The Kier molecular flexibility index (Phi) is 2.67. The van der Waals surface area contributed by atoms with Gasteiger partial charge in [0.15, 0.2) is 5.58 Å². The quantitative estimate of drug-likeness (QED) is 0.835. The summed E-state index contributed by atoms with van der Waals surface area (Å²) in [5.41, 5.74) is 9.12. The molecular formula is C15H20N2O. The standard InChI is InChI=1S/C15H20N2O/c1-10-5-6-13-12(8-10)17-14(18-13)15(16)7-3-4-11(2)9-15/h5-6,8,11H,3-4,7,9,16H2,1-2H3. The van der Waals surface area contributed by atoms with Gasteiger partial charge in [0.2, 0.25) is 5.89 Å². The lowest BCUT2D eigenvalue weighted by Crippen LogP contribution is -2.41. The number of aromatic nitrogens is 1. The summed E-state index contributed by atoms with van der Waals surface area (Å²) in [5.74, 6) is 1.37. The maximum absolute atomic E-state index is 6.52. The molecule has 1 aliphatic rings. The van der Waals surface area contributed by atoms with Crippen LogP contribution >= 0.6 is 0 Å². The molecule has 2 unspecified atom stereocenters. The van der Waals surface area contributed by atoms with Crippen molar-refractivity contribution in [3.05, 3.63) is 29.7 Å². The minimum absolute atomic E-state index is 0.370. The van der Waals surface area contributed by atoms with Crippen molar-refractivity contribution >= 4 is 11.1 Å². The molecule has 0 radical (unpaired) electrons. The number of aryl methyl sites for hydroxylation is 1. The third kappa shape index (κ3) is 1.93. The zero-order chi connectivity index (χ0) is 12.8. The van der Waals surface area contributed by atoms with Gasteiger partial charge in [-0.1, -0.05) is 25.8 Å². The van der Waals surface area contributed by atoms with Gasteiger partial charge in [-0.3, -0.25) is 0 Å². The van der Waals surface area contributed by atoms with E-state index in [1.54, 1.807) is 0 Å². The Morgan fingerprint density at radius 3 is 3.06 bits per heavy atom. The van der Waals surface area contributed by atoms with Crippen molar-refractivity contribution in [3.8, 4) is 0 Å². The van der Waals surface area contributed by atoms with E-state index < -0.39 is 0 Å². The first-order valence-corrected chi connectivity index (χ1v) is 6.73. The van der Waals surface area contributed by atoms with Crippen LogP contribution in [0.2, 0.25) is 0 Å². The topological polar surface area (TPSA) is 52.0 Å². The van der Waals surface area contributed by atoms with Gasteiger partial charge in [-0.15, -0.1) is 0 Å². The van der Waals surface area contributed by atoms with E-state index >= 15 is 0 Å². The maximum Gasteiger partial charge on any atom is 0.215 e. The second-order valence-electron chi connectivity index (χ2n) is 5.85. The molecule has 18 heavy (non-hydrogen) atoms. The van der Waals surface area contributed by atoms with Crippen LogP contribution in [-0.4, -0.2) is 4.98 Å². The zero-order valence-corrected chi connectivity index (χ0v) is 11.1. The van der Waals surface area contributed by atoms with E-state index in [1.165, 1.54) is 12.0 Å². The molecule has 2 atom stereocenters. The van der Waals surface area contributed by atoms with E-state index in [4.69, 9.17) is 10.2 Å². The third-order valence-corrected chi connectivity index (χ3v) is 4.00. The largest absolute Gasteiger partial charge is 0.439 e. The molecule has 2 N–H and O–H groups in total. The summed E-state index contributed by atoms with van der Waals surface area (Å²) in [6.45, 7) is 4.32. The van der Waals surface area contributed by atoms with Crippen molar-refractivity contribution in [2.24, 2.45) is 11.7 Å². The number of hydrogen-bond donors (Lipinski definition) is 1. The van der Waals surface area contributed by atoms with Crippen LogP contribution in [0.25, 0.3) is 11.1 Å². The van der Waals surface area contributed by atoms with Crippen LogP contribution < -0.4 is 5.73 Å². The van der Waals surface area contributed by atoms with Crippen LogP contribution in [0.1, 0.15) is 44.1 Å². The monoisotopic (exact) mass is 244 g/mol. The molecule has 2 aromatic rings. The Hall–Kier alpha value is -1.35. The Labute approximate surface area is 107 Å². The molecule has 0 bridgehead atoms. The number of oxazole rings is 1. The fraction of sp³-hybridized carbons (Fsp3) is 0.533. The lowest BCUT2D eigenvalue weighted by molar-refractivity contribution is 0.201. The number of nitrogens with two attached hydrogens (primary N) is 1. The van der Waals surface area contributed by atoms with Crippen LogP contribution in [0, 0.1) is 12.8 Å². The van der Waals surface area contributed by atoms with Crippen molar-refractivity contribution in [3.63, 3.8) is 0 Å². The number of hydrogen-bond acceptors (Lipinski definition) is 3. The number of rotatable bonds is 1. The minimum atomic E-state index is -0.370. The predicted octanol–water partition coefficient (Wildman–Crippen LogP) is 3.50.